The number of hydrogen-bond acceptors (Lipinski definition) is 2. The molecule has 1 aliphatic rings. The second-order valence-corrected chi connectivity index (χ2v) is 5.93. The van der Waals surface area contributed by atoms with Crippen LogP contribution in [0.2, 0.25) is 0 Å². The lowest BCUT2D eigenvalue weighted by Gasteiger charge is -2.24. The first-order valence-electron chi connectivity index (χ1n) is 6.44. The number of nitrogens with zero attached hydrogens (tertiary/aromatic N) is 1. The number of halogens is 2. The van der Waals surface area contributed by atoms with Crippen LogP contribution < -0.4 is 5.32 Å². The van der Waals surface area contributed by atoms with Crippen molar-refractivity contribution in [2.24, 2.45) is 0 Å². The molecule has 1 saturated carbocycles. The summed E-state index contributed by atoms with van der Waals surface area (Å²) in [6, 6.07) is 5.06. The van der Waals surface area contributed by atoms with Crippen molar-refractivity contribution in [3.05, 3.63) is 34.1 Å². The average molecular weight is 329 g/mol. The fourth-order valence-electron chi connectivity index (χ4n) is 1.99. The van der Waals surface area contributed by atoms with Gasteiger partial charge in [-0.25, -0.2) is 4.39 Å². The van der Waals surface area contributed by atoms with Crippen LogP contribution in [0.5, 0.6) is 0 Å². The highest BCUT2D eigenvalue weighted by Crippen LogP contribution is 2.26. The van der Waals surface area contributed by atoms with E-state index in [9.17, 15) is 9.18 Å². The molecule has 0 spiro atoms. The van der Waals surface area contributed by atoms with Crippen LogP contribution in [0.4, 0.5) is 4.39 Å². The monoisotopic (exact) mass is 328 g/mol. The Morgan fingerprint density at radius 3 is 2.89 bits per heavy atom. The van der Waals surface area contributed by atoms with Gasteiger partial charge in [0.05, 0.1) is 5.56 Å². The molecule has 5 heteroatoms. The molecule has 1 unspecified atom stereocenters. The van der Waals surface area contributed by atoms with Gasteiger partial charge in [0.2, 0.25) is 0 Å². The van der Waals surface area contributed by atoms with Crippen LogP contribution in [0.25, 0.3) is 0 Å². The van der Waals surface area contributed by atoms with Crippen molar-refractivity contribution in [3.63, 3.8) is 0 Å². The van der Waals surface area contributed by atoms with E-state index in [1.54, 1.807) is 6.07 Å². The first kappa shape index (κ1) is 14.5. The Morgan fingerprint density at radius 2 is 2.26 bits per heavy atom. The summed E-state index contributed by atoms with van der Waals surface area (Å²) in [6.45, 7) is 2.65. The number of carbonyl (C=O) groups is 1. The second-order valence-electron chi connectivity index (χ2n) is 5.08. The Kier molecular flexibility index (Phi) is 4.58. The van der Waals surface area contributed by atoms with E-state index in [1.165, 1.54) is 25.0 Å². The standard InChI is InChI=1S/C14H18BrFN2O/c1-9(18(2)11-4-5-11)8-17-14(19)12-7-10(16)3-6-13(12)15/h3,6-7,9,11H,4-5,8H2,1-2H3,(H,17,19). The van der Waals surface area contributed by atoms with Gasteiger partial charge in [-0.05, 0) is 60.9 Å². The van der Waals surface area contributed by atoms with Crippen LogP contribution in [-0.2, 0) is 0 Å². The molecule has 104 valence electrons. The molecule has 1 amide bonds. The molecule has 0 heterocycles. The van der Waals surface area contributed by atoms with Crippen molar-refractivity contribution < 1.29 is 9.18 Å². The van der Waals surface area contributed by atoms with Crippen molar-refractivity contribution in [1.29, 1.82) is 0 Å². The molecule has 0 saturated heterocycles. The fraction of sp³-hybridized carbons (Fsp3) is 0.500. The van der Waals surface area contributed by atoms with E-state index in [0.29, 0.717) is 22.6 Å². The van der Waals surface area contributed by atoms with E-state index in [4.69, 9.17) is 0 Å². The van der Waals surface area contributed by atoms with E-state index >= 15 is 0 Å². The molecule has 1 aliphatic carbocycles. The lowest BCUT2D eigenvalue weighted by molar-refractivity contribution is 0.0938. The first-order chi connectivity index (χ1) is 8.99. The van der Waals surface area contributed by atoms with Gasteiger partial charge in [0.1, 0.15) is 5.82 Å². The molecular weight excluding hydrogens is 311 g/mol. The molecule has 1 aromatic rings. The van der Waals surface area contributed by atoms with E-state index in [1.807, 2.05) is 0 Å². The SMILES string of the molecule is CC(CNC(=O)c1cc(F)ccc1Br)N(C)C1CC1. The minimum atomic E-state index is -0.406. The van der Waals surface area contributed by atoms with Gasteiger partial charge in [0.15, 0.2) is 0 Å². The largest absolute Gasteiger partial charge is 0.350 e. The van der Waals surface area contributed by atoms with Gasteiger partial charge in [0.25, 0.3) is 5.91 Å². The van der Waals surface area contributed by atoms with E-state index in [-0.39, 0.29) is 11.9 Å². The lowest BCUT2D eigenvalue weighted by Crippen LogP contribution is -2.41. The Morgan fingerprint density at radius 1 is 1.58 bits per heavy atom. The zero-order chi connectivity index (χ0) is 14.0. The zero-order valence-electron chi connectivity index (χ0n) is 11.1. The second kappa shape index (κ2) is 6.01. The normalized spacial score (nSPS) is 16.5. The molecule has 0 aliphatic heterocycles. The van der Waals surface area contributed by atoms with Crippen molar-refractivity contribution in [1.82, 2.24) is 10.2 Å². The Labute approximate surface area is 121 Å². The topological polar surface area (TPSA) is 32.3 Å². The molecule has 3 nitrogen and oxygen atoms in total. The Hall–Kier alpha value is -0.940. The van der Waals surface area contributed by atoms with E-state index in [2.05, 4.69) is 40.1 Å². The number of likely N-dealkylation sites (N-methyl/N-ethyl adjacent to an activating group) is 1. The predicted octanol–water partition coefficient (Wildman–Crippen LogP) is 2.80. The molecule has 1 N–H and O–H groups in total. The molecule has 2 rings (SSSR count). The van der Waals surface area contributed by atoms with Gasteiger partial charge in [0, 0.05) is 23.1 Å². The predicted molar refractivity (Wildman–Crippen MR) is 76.7 cm³/mol. The summed E-state index contributed by atoms with van der Waals surface area (Å²) in [5.41, 5.74) is 0.335. The van der Waals surface area contributed by atoms with Crippen LogP contribution in [0.1, 0.15) is 30.1 Å². The average Bonchev–Trinajstić information content (AvgIpc) is 3.21. The smallest absolute Gasteiger partial charge is 0.252 e. The number of nitrogens with one attached hydrogen (secondary N) is 1. The Bertz CT molecular complexity index is 477. The zero-order valence-corrected chi connectivity index (χ0v) is 12.7. The van der Waals surface area contributed by atoms with Gasteiger partial charge in [-0.3, -0.25) is 9.69 Å². The lowest BCUT2D eigenvalue weighted by atomic mass is 10.2. The highest BCUT2D eigenvalue weighted by molar-refractivity contribution is 9.10. The minimum absolute atomic E-state index is 0.248. The highest BCUT2D eigenvalue weighted by atomic mass is 79.9. The fourth-order valence-corrected chi connectivity index (χ4v) is 2.42. The van der Waals surface area contributed by atoms with E-state index in [0.717, 1.165) is 0 Å². The third-order valence-corrected chi connectivity index (χ3v) is 4.24. The van der Waals surface area contributed by atoms with Crippen LogP contribution in [-0.4, -0.2) is 36.5 Å². The maximum atomic E-state index is 13.1. The van der Waals surface area contributed by atoms with Gasteiger partial charge in [-0.1, -0.05) is 0 Å². The van der Waals surface area contributed by atoms with Crippen molar-refractivity contribution >= 4 is 21.8 Å². The van der Waals surface area contributed by atoms with E-state index < -0.39 is 5.82 Å². The molecule has 0 radical (unpaired) electrons. The summed E-state index contributed by atoms with van der Waals surface area (Å²) in [5, 5.41) is 2.85. The van der Waals surface area contributed by atoms with Gasteiger partial charge in [-0.2, -0.15) is 0 Å². The third-order valence-electron chi connectivity index (χ3n) is 3.55. The van der Waals surface area contributed by atoms with Crippen molar-refractivity contribution in [2.75, 3.05) is 13.6 Å². The summed E-state index contributed by atoms with van der Waals surface area (Å²) in [5.74, 6) is -0.654. The van der Waals surface area contributed by atoms with Gasteiger partial charge in [-0.15, -0.1) is 0 Å². The highest BCUT2D eigenvalue weighted by Gasteiger charge is 2.29. The number of hydrogen-bond donors (Lipinski definition) is 1. The van der Waals surface area contributed by atoms with Gasteiger partial charge >= 0.3 is 0 Å². The summed E-state index contributed by atoms with van der Waals surface area (Å²) in [6.07, 6.45) is 2.48. The minimum Gasteiger partial charge on any atom is -0.350 e. The maximum Gasteiger partial charge on any atom is 0.252 e. The number of rotatable bonds is 5. The van der Waals surface area contributed by atoms with Crippen molar-refractivity contribution in [2.45, 2.75) is 31.8 Å². The number of carbonyl (C=O) groups excluding carboxylic acids is 1. The van der Waals surface area contributed by atoms with Crippen LogP contribution in [0.15, 0.2) is 22.7 Å². The first-order valence-corrected chi connectivity index (χ1v) is 7.23. The van der Waals surface area contributed by atoms with Crippen LogP contribution in [0, 0.1) is 5.82 Å². The van der Waals surface area contributed by atoms with Crippen LogP contribution in [0.3, 0.4) is 0 Å². The third kappa shape index (κ3) is 3.76. The molecule has 1 atom stereocenters. The number of benzene rings is 1. The molecule has 0 bridgehead atoms. The summed E-state index contributed by atoms with van der Waals surface area (Å²) in [7, 11) is 2.08. The molecule has 19 heavy (non-hydrogen) atoms. The molecule has 0 aromatic heterocycles. The van der Waals surface area contributed by atoms with Gasteiger partial charge < -0.3 is 5.32 Å². The van der Waals surface area contributed by atoms with Crippen LogP contribution >= 0.6 is 15.9 Å². The summed E-state index contributed by atoms with van der Waals surface area (Å²) < 4.78 is 13.7. The molecule has 1 fully saturated rings. The van der Waals surface area contributed by atoms with Crippen molar-refractivity contribution in [3.8, 4) is 0 Å². The Balaban J connectivity index is 1.91. The molecule has 1 aromatic carbocycles. The maximum absolute atomic E-state index is 13.1. The molecular formula is C14H18BrFN2O. The summed E-state index contributed by atoms with van der Waals surface area (Å²) in [4.78, 5) is 14.3. The number of amides is 1. The summed E-state index contributed by atoms with van der Waals surface area (Å²) >= 11 is 3.26. The quantitative estimate of drug-likeness (QED) is 0.901.